The predicted octanol–water partition coefficient (Wildman–Crippen LogP) is 5.10. The molecule has 2 aromatic carbocycles. The summed E-state index contributed by atoms with van der Waals surface area (Å²) in [4.78, 5) is 4.50. The van der Waals surface area contributed by atoms with Crippen LogP contribution in [-0.4, -0.2) is 22.6 Å². The Morgan fingerprint density at radius 1 is 0.964 bits per heavy atom. The van der Waals surface area contributed by atoms with Gasteiger partial charge in [0.05, 0.1) is 0 Å². The van der Waals surface area contributed by atoms with Gasteiger partial charge < -0.3 is 14.6 Å². The summed E-state index contributed by atoms with van der Waals surface area (Å²) in [7, 11) is 0. The Hall–Kier alpha value is -2.59. The quantitative estimate of drug-likeness (QED) is 0.473. The van der Waals surface area contributed by atoms with Gasteiger partial charge >= 0.3 is 0 Å². The van der Waals surface area contributed by atoms with Crippen molar-refractivity contribution in [2.75, 3.05) is 13.1 Å². The van der Waals surface area contributed by atoms with Crippen molar-refractivity contribution in [3.8, 4) is 11.5 Å². The molecule has 0 spiro atoms. The van der Waals surface area contributed by atoms with Gasteiger partial charge in [0.15, 0.2) is 0 Å². The Kier molecular flexibility index (Phi) is 7.68. The van der Waals surface area contributed by atoms with Crippen LogP contribution in [0.2, 0.25) is 0 Å². The minimum Gasteiger partial charge on any atom is -0.457 e. The lowest BCUT2D eigenvalue weighted by molar-refractivity contribution is 0.482. The van der Waals surface area contributed by atoms with Gasteiger partial charge in [0.2, 0.25) is 0 Å². The van der Waals surface area contributed by atoms with Gasteiger partial charge in [-0.2, -0.15) is 0 Å². The maximum absolute atomic E-state index is 5.91. The molecule has 4 heteroatoms. The number of rotatable bonds is 11. The number of ether oxygens (including phenoxy) is 1. The lowest BCUT2D eigenvalue weighted by Gasteiger charge is -2.11. The fraction of sp³-hybridized carbons (Fsp3) is 0.375. The van der Waals surface area contributed by atoms with Crippen LogP contribution in [-0.2, 0) is 19.4 Å². The van der Waals surface area contributed by atoms with Gasteiger partial charge in [0, 0.05) is 25.4 Å². The third-order valence-electron chi connectivity index (χ3n) is 4.59. The van der Waals surface area contributed by atoms with Crippen molar-refractivity contribution in [2.24, 2.45) is 5.92 Å². The summed E-state index contributed by atoms with van der Waals surface area (Å²) in [6, 6.07) is 18.2. The number of nitrogens with zero attached hydrogens (tertiary/aromatic N) is 2. The van der Waals surface area contributed by atoms with Crippen LogP contribution in [0, 0.1) is 5.92 Å². The molecule has 0 saturated carbocycles. The summed E-state index contributed by atoms with van der Waals surface area (Å²) in [5.74, 6) is 3.60. The van der Waals surface area contributed by atoms with Gasteiger partial charge in [-0.15, -0.1) is 0 Å². The molecule has 0 amide bonds. The largest absolute Gasteiger partial charge is 0.457 e. The van der Waals surface area contributed by atoms with Gasteiger partial charge in [-0.3, -0.25) is 0 Å². The number of nitrogens with one attached hydrogen (secondary N) is 1. The van der Waals surface area contributed by atoms with Crippen LogP contribution >= 0.6 is 0 Å². The predicted molar refractivity (Wildman–Crippen MR) is 115 cm³/mol. The highest BCUT2D eigenvalue weighted by Crippen LogP contribution is 2.21. The van der Waals surface area contributed by atoms with Crippen LogP contribution in [0.1, 0.15) is 31.7 Å². The Bertz CT molecular complexity index is 827. The monoisotopic (exact) mass is 377 g/mol. The molecule has 1 N–H and O–H groups in total. The highest BCUT2D eigenvalue weighted by molar-refractivity contribution is 5.33. The number of para-hydroxylation sites is 1. The molecule has 3 rings (SSSR count). The Morgan fingerprint density at radius 2 is 1.79 bits per heavy atom. The van der Waals surface area contributed by atoms with Crippen LogP contribution in [0.5, 0.6) is 11.5 Å². The van der Waals surface area contributed by atoms with E-state index in [1.54, 1.807) is 0 Å². The average molecular weight is 378 g/mol. The highest BCUT2D eigenvalue weighted by Gasteiger charge is 2.04. The van der Waals surface area contributed by atoms with Gasteiger partial charge in [-0.1, -0.05) is 44.2 Å². The van der Waals surface area contributed by atoms with E-state index in [9.17, 15) is 0 Å². The first-order valence-electron chi connectivity index (χ1n) is 10.2. The van der Waals surface area contributed by atoms with E-state index < -0.39 is 0 Å². The molecule has 148 valence electrons. The molecule has 0 aliphatic heterocycles. The van der Waals surface area contributed by atoms with E-state index >= 15 is 0 Å². The second-order valence-corrected chi connectivity index (χ2v) is 7.56. The molecule has 0 saturated heterocycles. The normalized spacial score (nSPS) is 11.1. The number of aromatic nitrogens is 2. The third kappa shape index (κ3) is 6.54. The maximum atomic E-state index is 5.91. The van der Waals surface area contributed by atoms with Crippen LogP contribution in [0.3, 0.4) is 0 Å². The molecule has 28 heavy (non-hydrogen) atoms. The molecule has 0 unspecified atom stereocenters. The Morgan fingerprint density at radius 3 is 2.61 bits per heavy atom. The lowest BCUT2D eigenvalue weighted by Crippen LogP contribution is -2.19. The fourth-order valence-electron chi connectivity index (χ4n) is 3.25. The van der Waals surface area contributed by atoms with Crippen molar-refractivity contribution in [1.29, 1.82) is 0 Å². The standard InChI is InChI=1S/C24H31N3O/c1-20(2)19-27-17-16-26-24(27)12-7-14-25-15-13-21-8-6-11-23(18-21)28-22-9-4-3-5-10-22/h3-6,8-11,16-18,20,25H,7,12-15,19H2,1-2H3. The number of hydrogen-bond acceptors (Lipinski definition) is 3. The molecule has 0 radical (unpaired) electrons. The van der Waals surface area contributed by atoms with Crippen LogP contribution < -0.4 is 10.1 Å². The molecule has 0 fully saturated rings. The van der Waals surface area contributed by atoms with Crippen molar-refractivity contribution in [2.45, 2.75) is 39.7 Å². The summed E-state index contributed by atoms with van der Waals surface area (Å²) >= 11 is 0. The third-order valence-corrected chi connectivity index (χ3v) is 4.59. The minimum absolute atomic E-state index is 0.646. The number of benzene rings is 2. The zero-order chi connectivity index (χ0) is 19.6. The number of aryl methyl sites for hydroxylation is 1. The van der Waals surface area contributed by atoms with E-state index in [0.29, 0.717) is 5.92 Å². The van der Waals surface area contributed by atoms with Crippen molar-refractivity contribution in [1.82, 2.24) is 14.9 Å². The lowest BCUT2D eigenvalue weighted by atomic mass is 10.1. The van der Waals surface area contributed by atoms with Crippen LogP contribution in [0.4, 0.5) is 0 Å². The van der Waals surface area contributed by atoms with E-state index in [1.807, 2.05) is 42.6 Å². The molecule has 3 aromatic rings. The van der Waals surface area contributed by atoms with Gasteiger partial charge in [-0.05, 0) is 61.7 Å². The summed E-state index contributed by atoms with van der Waals surface area (Å²) in [6.45, 7) is 7.50. The molecule has 0 atom stereocenters. The maximum Gasteiger partial charge on any atom is 0.127 e. The molecule has 1 aromatic heterocycles. The van der Waals surface area contributed by atoms with E-state index in [2.05, 4.69) is 53.1 Å². The van der Waals surface area contributed by atoms with Crippen molar-refractivity contribution < 1.29 is 4.74 Å². The van der Waals surface area contributed by atoms with Gasteiger partial charge in [0.25, 0.3) is 0 Å². The topological polar surface area (TPSA) is 39.1 Å². The van der Waals surface area contributed by atoms with Crippen LogP contribution in [0.15, 0.2) is 67.0 Å². The number of hydrogen-bond donors (Lipinski definition) is 1. The molecular weight excluding hydrogens is 346 g/mol. The summed E-state index contributed by atoms with van der Waals surface area (Å²) in [6.07, 6.45) is 7.12. The molecule has 0 aliphatic carbocycles. The first-order chi connectivity index (χ1) is 13.7. The molecule has 0 bridgehead atoms. The van der Waals surface area contributed by atoms with E-state index in [1.165, 1.54) is 11.4 Å². The zero-order valence-electron chi connectivity index (χ0n) is 17.0. The Balaban J connectivity index is 1.36. The zero-order valence-corrected chi connectivity index (χ0v) is 17.0. The highest BCUT2D eigenvalue weighted by atomic mass is 16.5. The molecule has 0 aliphatic rings. The Labute approximate surface area is 168 Å². The minimum atomic E-state index is 0.646. The van der Waals surface area contributed by atoms with E-state index in [4.69, 9.17) is 4.74 Å². The SMILES string of the molecule is CC(C)Cn1ccnc1CCCNCCc1cccc(Oc2ccccc2)c1. The summed E-state index contributed by atoms with van der Waals surface area (Å²) in [5, 5.41) is 3.55. The van der Waals surface area contributed by atoms with E-state index in [0.717, 1.165) is 50.4 Å². The van der Waals surface area contributed by atoms with Gasteiger partial charge in [-0.25, -0.2) is 4.98 Å². The second kappa shape index (κ2) is 10.7. The van der Waals surface area contributed by atoms with E-state index in [-0.39, 0.29) is 0 Å². The second-order valence-electron chi connectivity index (χ2n) is 7.56. The molecule has 4 nitrogen and oxygen atoms in total. The summed E-state index contributed by atoms with van der Waals surface area (Å²) in [5.41, 5.74) is 1.29. The van der Waals surface area contributed by atoms with Crippen LogP contribution in [0.25, 0.3) is 0 Å². The molecular formula is C24H31N3O. The average Bonchev–Trinajstić information content (AvgIpc) is 3.12. The van der Waals surface area contributed by atoms with Crippen molar-refractivity contribution >= 4 is 0 Å². The first-order valence-corrected chi connectivity index (χ1v) is 10.2. The summed E-state index contributed by atoms with van der Waals surface area (Å²) < 4.78 is 8.19. The first kappa shape index (κ1) is 20.2. The van der Waals surface area contributed by atoms with Gasteiger partial charge in [0.1, 0.15) is 17.3 Å². The molecule has 1 heterocycles. The van der Waals surface area contributed by atoms with Crippen molar-refractivity contribution in [3.05, 3.63) is 78.4 Å². The fourth-order valence-corrected chi connectivity index (χ4v) is 3.25. The number of imidazole rings is 1. The smallest absolute Gasteiger partial charge is 0.127 e. The van der Waals surface area contributed by atoms with Crippen molar-refractivity contribution in [3.63, 3.8) is 0 Å².